The summed E-state index contributed by atoms with van der Waals surface area (Å²) in [5.74, 6) is 1.05. The van der Waals surface area contributed by atoms with Gasteiger partial charge in [0, 0.05) is 11.8 Å². The number of esters is 2. The maximum absolute atomic E-state index is 12.5. The van der Waals surface area contributed by atoms with Crippen LogP contribution in [0.3, 0.4) is 0 Å². The predicted molar refractivity (Wildman–Crippen MR) is 120 cm³/mol. The van der Waals surface area contributed by atoms with Crippen molar-refractivity contribution in [3.8, 4) is 0 Å². The van der Waals surface area contributed by atoms with Gasteiger partial charge in [0.15, 0.2) is 5.78 Å². The van der Waals surface area contributed by atoms with Crippen molar-refractivity contribution >= 4 is 17.7 Å². The standard InChI is InChI=1S/C26H38O7/c1-25-11-9-17(28)13-16(25)3-4-19-20-5-6-22(26(20,2)12-10-21(19)25)33-24(31)8-7-23(30)32-15-18(29)14-27/h13,18-22,27,29H,3-12,14-15H2,1-2H3/t18-,19+,20+,21+,22+,25+,26+/m1/s1. The van der Waals surface area contributed by atoms with Crippen molar-refractivity contribution in [3.63, 3.8) is 0 Å². The number of ketones is 1. The molecule has 7 heteroatoms. The molecule has 4 aliphatic carbocycles. The molecule has 33 heavy (non-hydrogen) atoms. The van der Waals surface area contributed by atoms with Crippen LogP contribution in [0.25, 0.3) is 0 Å². The Morgan fingerprint density at radius 3 is 2.58 bits per heavy atom. The smallest absolute Gasteiger partial charge is 0.306 e. The van der Waals surface area contributed by atoms with Gasteiger partial charge in [-0.05, 0) is 74.2 Å². The fourth-order valence-electron chi connectivity index (χ4n) is 7.44. The first kappa shape index (κ1) is 24.4. The molecule has 0 aliphatic heterocycles. The summed E-state index contributed by atoms with van der Waals surface area (Å²) < 4.78 is 10.8. The molecular formula is C26H38O7. The Balaban J connectivity index is 1.34. The highest BCUT2D eigenvalue weighted by molar-refractivity contribution is 5.91. The predicted octanol–water partition coefficient (Wildman–Crippen LogP) is 3.11. The summed E-state index contributed by atoms with van der Waals surface area (Å²) in [6.45, 7) is 3.89. The van der Waals surface area contributed by atoms with Crippen LogP contribution in [0.4, 0.5) is 0 Å². The van der Waals surface area contributed by atoms with Crippen molar-refractivity contribution in [2.24, 2.45) is 28.6 Å². The summed E-state index contributed by atoms with van der Waals surface area (Å²) in [6.07, 6.45) is 8.36. The zero-order valence-corrected chi connectivity index (χ0v) is 19.9. The van der Waals surface area contributed by atoms with Crippen LogP contribution in [0.1, 0.15) is 78.1 Å². The van der Waals surface area contributed by atoms with Crippen molar-refractivity contribution < 1.29 is 34.1 Å². The third-order valence-corrected chi connectivity index (χ3v) is 9.33. The molecule has 4 aliphatic rings. The lowest BCUT2D eigenvalue weighted by Crippen LogP contribution is -2.51. The van der Waals surface area contributed by atoms with E-state index in [1.54, 1.807) is 0 Å². The molecule has 0 saturated heterocycles. The van der Waals surface area contributed by atoms with Gasteiger partial charge in [0.1, 0.15) is 18.8 Å². The summed E-state index contributed by atoms with van der Waals surface area (Å²) in [5, 5.41) is 18.0. The van der Waals surface area contributed by atoms with E-state index in [1.165, 1.54) is 5.57 Å². The van der Waals surface area contributed by atoms with E-state index >= 15 is 0 Å². The summed E-state index contributed by atoms with van der Waals surface area (Å²) >= 11 is 0. The zero-order chi connectivity index (χ0) is 23.8. The van der Waals surface area contributed by atoms with Crippen molar-refractivity contribution in [2.75, 3.05) is 13.2 Å². The number of carbonyl (C=O) groups excluding carboxylic acids is 3. The third kappa shape index (κ3) is 4.63. The van der Waals surface area contributed by atoms with Gasteiger partial charge in [-0.2, -0.15) is 0 Å². The first-order valence-corrected chi connectivity index (χ1v) is 12.6. The SMILES string of the molecule is C[C@]12CC[C@H]3[C@@H](CCC4=CC(=O)CC[C@@]43C)[C@@H]1CC[C@@H]2OC(=O)CCC(=O)OC[C@H](O)CO. The van der Waals surface area contributed by atoms with Crippen LogP contribution in [0.5, 0.6) is 0 Å². The van der Waals surface area contributed by atoms with Crippen LogP contribution in [0.2, 0.25) is 0 Å². The minimum atomic E-state index is -1.10. The monoisotopic (exact) mass is 462 g/mol. The summed E-state index contributed by atoms with van der Waals surface area (Å²) in [5.41, 5.74) is 1.46. The molecule has 0 aromatic carbocycles. The topological polar surface area (TPSA) is 110 Å². The fourth-order valence-corrected chi connectivity index (χ4v) is 7.44. The fraction of sp³-hybridized carbons (Fsp3) is 0.808. The normalized spacial score (nSPS) is 38.4. The van der Waals surface area contributed by atoms with Gasteiger partial charge in [0.2, 0.25) is 0 Å². The van der Waals surface area contributed by atoms with E-state index in [-0.39, 0.29) is 48.1 Å². The van der Waals surface area contributed by atoms with E-state index in [0.717, 1.165) is 44.9 Å². The van der Waals surface area contributed by atoms with Crippen LogP contribution >= 0.6 is 0 Å². The molecule has 184 valence electrons. The van der Waals surface area contributed by atoms with Gasteiger partial charge in [-0.25, -0.2) is 0 Å². The Bertz CT molecular complexity index is 819. The number of hydrogen-bond donors (Lipinski definition) is 2. The average molecular weight is 463 g/mol. The molecule has 3 saturated carbocycles. The lowest BCUT2D eigenvalue weighted by molar-refractivity contribution is -0.162. The van der Waals surface area contributed by atoms with Crippen LogP contribution in [-0.2, 0) is 23.9 Å². The van der Waals surface area contributed by atoms with Gasteiger partial charge >= 0.3 is 11.9 Å². The van der Waals surface area contributed by atoms with Crippen LogP contribution < -0.4 is 0 Å². The molecule has 3 fully saturated rings. The zero-order valence-electron chi connectivity index (χ0n) is 19.9. The molecule has 0 amide bonds. The number of aliphatic hydroxyl groups is 2. The van der Waals surface area contributed by atoms with Gasteiger partial charge in [-0.3, -0.25) is 14.4 Å². The number of allylic oxidation sites excluding steroid dienone is 1. The summed E-state index contributed by atoms with van der Waals surface area (Å²) in [4.78, 5) is 36.3. The molecule has 0 aromatic rings. The van der Waals surface area contributed by atoms with Crippen molar-refractivity contribution in [1.29, 1.82) is 0 Å². The van der Waals surface area contributed by atoms with Crippen LogP contribution in [0, 0.1) is 28.6 Å². The Kier molecular flexibility index (Phi) is 7.02. The maximum Gasteiger partial charge on any atom is 0.306 e. The Morgan fingerprint density at radius 2 is 1.82 bits per heavy atom. The van der Waals surface area contributed by atoms with Gasteiger partial charge in [-0.15, -0.1) is 0 Å². The van der Waals surface area contributed by atoms with E-state index in [4.69, 9.17) is 14.6 Å². The number of rotatable bonds is 7. The summed E-state index contributed by atoms with van der Waals surface area (Å²) in [7, 11) is 0. The molecule has 0 unspecified atom stereocenters. The number of carbonyl (C=O) groups is 3. The van der Waals surface area contributed by atoms with Crippen LogP contribution in [0.15, 0.2) is 11.6 Å². The first-order chi connectivity index (χ1) is 15.7. The second-order valence-electron chi connectivity index (χ2n) is 11.1. The minimum Gasteiger partial charge on any atom is -0.463 e. The number of fused-ring (bicyclic) bond motifs is 5. The Hall–Kier alpha value is -1.73. The highest BCUT2D eigenvalue weighted by atomic mass is 16.6. The second kappa shape index (κ2) is 9.49. The molecule has 7 nitrogen and oxygen atoms in total. The highest BCUT2D eigenvalue weighted by Gasteiger charge is 2.59. The van der Waals surface area contributed by atoms with E-state index in [2.05, 4.69) is 13.8 Å². The first-order valence-electron chi connectivity index (χ1n) is 12.6. The van der Waals surface area contributed by atoms with Crippen LogP contribution in [-0.4, -0.2) is 53.4 Å². The minimum absolute atomic E-state index is 0.0371. The lowest BCUT2D eigenvalue weighted by Gasteiger charge is -2.57. The largest absolute Gasteiger partial charge is 0.463 e. The van der Waals surface area contributed by atoms with Gasteiger partial charge in [-0.1, -0.05) is 19.4 Å². The molecule has 7 atom stereocenters. The third-order valence-electron chi connectivity index (χ3n) is 9.33. The van der Waals surface area contributed by atoms with Crippen molar-refractivity contribution in [1.82, 2.24) is 0 Å². The van der Waals surface area contributed by atoms with E-state index < -0.39 is 18.7 Å². The number of aliphatic hydroxyl groups excluding tert-OH is 2. The molecule has 0 spiro atoms. The molecule has 0 heterocycles. The molecule has 0 radical (unpaired) electrons. The summed E-state index contributed by atoms with van der Waals surface area (Å²) in [6, 6.07) is 0. The molecular weight excluding hydrogens is 424 g/mol. The average Bonchev–Trinajstić information content (AvgIpc) is 3.12. The number of hydrogen-bond acceptors (Lipinski definition) is 7. The van der Waals surface area contributed by atoms with E-state index in [0.29, 0.717) is 24.2 Å². The Labute approximate surface area is 195 Å². The van der Waals surface area contributed by atoms with E-state index in [1.807, 2.05) is 6.08 Å². The van der Waals surface area contributed by atoms with Crippen molar-refractivity contribution in [3.05, 3.63) is 11.6 Å². The van der Waals surface area contributed by atoms with Gasteiger partial charge in [0.05, 0.1) is 19.4 Å². The van der Waals surface area contributed by atoms with E-state index in [9.17, 15) is 19.5 Å². The van der Waals surface area contributed by atoms with Gasteiger partial charge in [0.25, 0.3) is 0 Å². The molecule has 0 bridgehead atoms. The quantitative estimate of drug-likeness (QED) is 0.559. The molecule has 4 rings (SSSR count). The lowest BCUT2D eigenvalue weighted by atomic mass is 9.47. The maximum atomic E-state index is 12.5. The number of ether oxygens (including phenoxy) is 2. The molecule has 0 aromatic heterocycles. The molecule has 2 N–H and O–H groups in total. The second-order valence-corrected chi connectivity index (χ2v) is 11.1. The van der Waals surface area contributed by atoms with Gasteiger partial charge < -0.3 is 19.7 Å². The van der Waals surface area contributed by atoms with Crippen molar-refractivity contribution in [2.45, 2.75) is 90.3 Å². The Morgan fingerprint density at radius 1 is 1.06 bits per heavy atom. The highest BCUT2D eigenvalue weighted by Crippen LogP contribution is 2.65.